The number of ketones is 1. The van der Waals surface area contributed by atoms with E-state index in [1.165, 1.54) is 4.90 Å². The molecule has 38 heavy (non-hydrogen) atoms. The summed E-state index contributed by atoms with van der Waals surface area (Å²) in [6.45, 7) is 3.12. The van der Waals surface area contributed by atoms with Crippen LogP contribution in [0, 0.1) is 0 Å². The van der Waals surface area contributed by atoms with Crippen molar-refractivity contribution in [2.24, 2.45) is 0 Å². The Hall–Kier alpha value is -4.10. The van der Waals surface area contributed by atoms with Crippen LogP contribution in [-0.2, 0) is 27.4 Å². The molecule has 2 aliphatic heterocycles. The molecule has 196 valence electrons. The van der Waals surface area contributed by atoms with Gasteiger partial charge in [-0.15, -0.1) is 0 Å². The number of aliphatic hydroxyl groups excluding tert-OH is 1. The topological polar surface area (TPSA) is 85.3 Å². The molecule has 3 aromatic carbocycles. The molecule has 1 amide bonds. The second-order valence-electron chi connectivity index (χ2n) is 9.64. The summed E-state index contributed by atoms with van der Waals surface area (Å²) < 4.78 is 17.0. The molecule has 2 heterocycles. The summed E-state index contributed by atoms with van der Waals surface area (Å²) in [7, 11) is 1.59. The lowest BCUT2D eigenvalue weighted by molar-refractivity contribution is -0.140. The molecule has 2 aliphatic rings. The molecule has 0 saturated carbocycles. The van der Waals surface area contributed by atoms with Crippen LogP contribution in [0.3, 0.4) is 0 Å². The van der Waals surface area contributed by atoms with Crippen molar-refractivity contribution >= 4 is 17.4 Å². The number of hydrogen-bond donors (Lipinski definition) is 1. The average molecular weight is 514 g/mol. The second-order valence-corrected chi connectivity index (χ2v) is 9.64. The fraction of sp³-hybridized carbons (Fsp3) is 0.290. The van der Waals surface area contributed by atoms with E-state index in [4.69, 9.17) is 14.2 Å². The number of Topliss-reactive ketones (excluding diaryl/α,β-unsaturated/α-hetero) is 1. The van der Waals surface area contributed by atoms with E-state index < -0.39 is 17.7 Å². The lowest BCUT2D eigenvalue weighted by Gasteiger charge is -2.25. The highest BCUT2D eigenvalue weighted by molar-refractivity contribution is 6.46. The van der Waals surface area contributed by atoms with Gasteiger partial charge in [-0.2, -0.15) is 0 Å². The van der Waals surface area contributed by atoms with Gasteiger partial charge in [-0.05, 0) is 60.4 Å². The number of ether oxygens (including phenoxy) is 3. The van der Waals surface area contributed by atoms with E-state index in [1.807, 2.05) is 67.6 Å². The predicted octanol–water partition coefficient (Wildman–Crippen LogP) is 5.05. The highest BCUT2D eigenvalue weighted by Gasteiger charge is 2.46. The van der Waals surface area contributed by atoms with Crippen molar-refractivity contribution in [1.29, 1.82) is 0 Å². The largest absolute Gasteiger partial charge is 0.507 e. The SMILES string of the molecule is COCCCN1C(=O)C(=O)C(=C(O)c2ccc3c(c2)C[C@H](C)O3)[C@H]1c1cccc(OCc2ccccc2)c1. The van der Waals surface area contributed by atoms with Gasteiger partial charge in [0.15, 0.2) is 0 Å². The van der Waals surface area contributed by atoms with Gasteiger partial charge in [-0.25, -0.2) is 0 Å². The van der Waals surface area contributed by atoms with Crippen LogP contribution in [0.25, 0.3) is 5.76 Å². The Morgan fingerprint density at radius 2 is 1.87 bits per heavy atom. The molecule has 2 atom stereocenters. The van der Waals surface area contributed by atoms with Gasteiger partial charge < -0.3 is 24.2 Å². The zero-order valence-corrected chi connectivity index (χ0v) is 21.6. The lowest BCUT2D eigenvalue weighted by Crippen LogP contribution is -2.31. The first-order valence-corrected chi connectivity index (χ1v) is 12.8. The molecule has 0 bridgehead atoms. The molecule has 0 aliphatic carbocycles. The maximum atomic E-state index is 13.3. The molecule has 7 heteroatoms. The first-order chi connectivity index (χ1) is 18.5. The van der Waals surface area contributed by atoms with Crippen molar-refractivity contribution in [3.8, 4) is 11.5 Å². The molecule has 1 fully saturated rings. The molecule has 7 nitrogen and oxygen atoms in total. The smallest absolute Gasteiger partial charge is 0.295 e. The molecule has 0 spiro atoms. The van der Waals surface area contributed by atoms with E-state index in [-0.39, 0.29) is 17.4 Å². The summed E-state index contributed by atoms with van der Waals surface area (Å²) in [5.74, 6) is -0.154. The number of aliphatic hydroxyl groups is 1. The Morgan fingerprint density at radius 1 is 1.05 bits per heavy atom. The van der Waals surface area contributed by atoms with Crippen LogP contribution in [0.5, 0.6) is 11.5 Å². The zero-order chi connectivity index (χ0) is 26.6. The molecular weight excluding hydrogens is 482 g/mol. The fourth-order valence-electron chi connectivity index (χ4n) is 5.08. The van der Waals surface area contributed by atoms with Gasteiger partial charge in [0.1, 0.15) is 30.0 Å². The number of methoxy groups -OCH3 is 1. The molecule has 0 aromatic heterocycles. The normalized spacial score (nSPS) is 19.9. The number of likely N-dealkylation sites (tertiary alicyclic amines) is 1. The number of fused-ring (bicyclic) bond motifs is 1. The van der Waals surface area contributed by atoms with Crippen molar-refractivity contribution in [2.75, 3.05) is 20.3 Å². The monoisotopic (exact) mass is 513 g/mol. The third-order valence-electron chi connectivity index (χ3n) is 6.88. The molecule has 0 unspecified atom stereocenters. The van der Waals surface area contributed by atoms with Crippen LogP contribution < -0.4 is 9.47 Å². The van der Waals surface area contributed by atoms with Gasteiger partial charge in [-0.1, -0.05) is 42.5 Å². The molecule has 5 rings (SSSR count). The quantitative estimate of drug-likeness (QED) is 0.187. The number of nitrogens with zero attached hydrogens (tertiary/aromatic N) is 1. The summed E-state index contributed by atoms with van der Waals surface area (Å²) in [5, 5.41) is 11.4. The third kappa shape index (κ3) is 5.15. The Morgan fingerprint density at radius 3 is 2.66 bits per heavy atom. The predicted molar refractivity (Wildman–Crippen MR) is 143 cm³/mol. The van der Waals surface area contributed by atoms with Gasteiger partial charge in [0.05, 0.1) is 11.6 Å². The van der Waals surface area contributed by atoms with Crippen LogP contribution in [0.2, 0.25) is 0 Å². The number of hydrogen-bond acceptors (Lipinski definition) is 6. The summed E-state index contributed by atoms with van der Waals surface area (Å²) in [6, 6.07) is 21.8. The van der Waals surface area contributed by atoms with Crippen LogP contribution >= 0.6 is 0 Å². The maximum Gasteiger partial charge on any atom is 0.295 e. The van der Waals surface area contributed by atoms with E-state index in [2.05, 4.69) is 0 Å². The Balaban J connectivity index is 1.52. The van der Waals surface area contributed by atoms with E-state index in [0.29, 0.717) is 49.5 Å². The Kier molecular flexibility index (Phi) is 7.47. The molecule has 3 aromatic rings. The summed E-state index contributed by atoms with van der Waals surface area (Å²) in [4.78, 5) is 28.0. The van der Waals surface area contributed by atoms with Gasteiger partial charge in [0, 0.05) is 32.2 Å². The lowest BCUT2D eigenvalue weighted by atomic mass is 9.94. The van der Waals surface area contributed by atoms with Crippen LogP contribution in [0.4, 0.5) is 0 Å². The summed E-state index contributed by atoms with van der Waals surface area (Å²) in [6.07, 6.45) is 1.32. The first kappa shape index (κ1) is 25.5. The standard InChI is InChI=1S/C31H31NO6/c1-20-16-24-17-23(12-13-26(24)38-20)29(33)27-28(32(14-7-15-36-2)31(35)30(27)34)22-10-6-11-25(18-22)37-19-21-8-4-3-5-9-21/h3-6,8-13,17-18,20,28,33H,7,14-16,19H2,1-2H3/t20-,28+/m0/s1. The minimum Gasteiger partial charge on any atom is -0.507 e. The first-order valence-electron chi connectivity index (χ1n) is 12.8. The van der Waals surface area contributed by atoms with Crippen LogP contribution in [0.15, 0.2) is 78.4 Å². The van der Waals surface area contributed by atoms with Gasteiger partial charge in [-0.3, -0.25) is 9.59 Å². The molecule has 1 N–H and O–H groups in total. The second kappa shape index (κ2) is 11.1. The Labute approximate surface area is 222 Å². The van der Waals surface area contributed by atoms with E-state index in [1.54, 1.807) is 19.2 Å². The van der Waals surface area contributed by atoms with Crippen molar-refractivity contribution in [3.63, 3.8) is 0 Å². The number of amides is 1. The fourth-order valence-corrected chi connectivity index (χ4v) is 5.08. The average Bonchev–Trinajstić information content (AvgIpc) is 3.43. The van der Waals surface area contributed by atoms with Crippen molar-refractivity contribution < 1.29 is 28.9 Å². The minimum absolute atomic E-state index is 0.0485. The van der Waals surface area contributed by atoms with Crippen molar-refractivity contribution in [3.05, 3.63) is 101 Å². The van der Waals surface area contributed by atoms with Crippen LogP contribution in [0.1, 0.15) is 41.6 Å². The summed E-state index contributed by atoms with van der Waals surface area (Å²) >= 11 is 0. The van der Waals surface area contributed by atoms with Gasteiger partial charge in [0.2, 0.25) is 0 Å². The number of carbonyl (C=O) groups excluding carboxylic acids is 2. The highest BCUT2D eigenvalue weighted by Crippen LogP contribution is 2.41. The Bertz CT molecular complexity index is 1370. The van der Waals surface area contributed by atoms with Crippen LogP contribution in [-0.4, -0.2) is 48.1 Å². The third-order valence-corrected chi connectivity index (χ3v) is 6.88. The minimum atomic E-state index is -0.754. The number of carbonyl (C=O) groups is 2. The highest BCUT2D eigenvalue weighted by atomic mass is 16.5. The summed E-state index contributed by atoms with van der Waals surface area (Å²) in [5.41, 5.74) is 3.23. The molecule has 1 saturated heterocycles. The number of benzene rings is 3. The zero-order valence-electron chi connectivity index (χ0n) is 21.6. The van der Waals surface area contributed by atoms with E-state index in [0.717, 1.165) is 16.9 Å². The van der Waals surface area contributed by atoms with Crippen molar-refractivity contribution in [1.82, 2.24) is 4.90 Å². The number of rotatable bonds is 9. The van der Waals surface area contributed by atoms with E-state index >= 15 is 0 Å². The molecular formula is C31H31NO6. The molecule has 0 radical (unpaired) electrons. The van der Waals surface area contributed by atoms with E-state index in [9.17, 15) is 14.7 Å². The maximum absolute atomic E-state index is 13.3. The van der Waals surface area contributed by atoms with Gasteiger partial charge in [0.25, 0.3) is 11.7 Å². The van der Waals surface area contributed by atoms with Gasteiger partial charge >= 0.3 is 0 Å². The van der Waals surface area contributed by atoms with Crippen molar-refractivity contribution in [2.45, 2.75) is 38.5 Å².